The summed E-state index contributed by atoms with van der Waals surface area (Å²) in [7, 11) is 0. The van der Waals surface area contributed by atoms with Gasteiger partial charge in [0.15, 0.2) is 0 Å². The minimum Gasteiger partial charge on any atom is -0.300 e. The molecule has 0 aromatic heterocycles. The van der Waals surface area contributed by atoms with Crippen LogP contribution in [-0.2, 0) is 9.59 Å². The van der Waals surface area contributed by atoms with Crippen LogP contribution >= 0.6 is 0 Å². The highest BCUT2D eigenvalue weighted by Crippen LogP contribution is 2.66. The molecule has 0 spiro atoms. The molecule has 2 heteroatoms. The van der Waals surface area contributed by atoms with Crippen LogP contribution in [-0.4, -0.2) is 11.6 Å². The molecule has 0 saturated heterocycles. The monoisotopic (exact) mass is 302 g/mol. The zero-order chi connectivity index (χ0) is 15.7. The summed E-state index contributed by atoms with van der Waals surface area (Å²) < 4.78 is 0. The third-order valence-electron chi connectivity index (χ3n) is 8.75. The second-order valence-electron chi connectivity index (χ2n) is 9.37. The van der Waals surface area contributed by atoms with Crippen LogP contribution in [0.15, 0.2) is 0 Å². The molecule has 4 aliphatic carbocycles. The molecule has 22 heavy (non-hydrogen) atoms. The Kier molecular flexibility index (Phi) is 3.17. The van der Waals surface area contributed by atoms with E-state index in [0.29, 0.717) is 41.7 Å². The molecule has 0 heterocycles. The quantitative estimate of drug-likeness (QED) is 0.664. The van der Waals surface area contributed by atoms with E-state index in [1.54, 1.807) is 0 Å². The lowest BCUT2D eigenvalue weighted by Gasteiger charge is -2.59. The fraction of sp³-hybridized carbons (Fsp3) is 0.900. The Morgan fingerprint density at radius 3 is 2.41 bits per heavy atom. The molecule has 0 aromatic carbocycles. The summed E-state index contributed by atoms with van der Waals surface area (Å²) in [4.78, 5) is 24.7. The number of carbonyl (C=O) groups is 2. The first kappa shape index (κ1) is 14.9. The molecule has 0 N–H and O–H groups in total. The molecule has 122 valence electrons. The van der Waals surface area contributed by atoms with E-state index in [-0.39, 0.29) is 11.3 Å². The van der Waals surface area contributed by atoms with E-state index in [1.165, 1.54) is 25.7 Å². The third-order valence-corrected chi connectivity index (χ3v) is 8.75. The van der Waals surface area contributed by atoms with E-state index in [1.807, 2.05) is 0 Å². The van der Waals surface area contributed by atoms with Gasteiger partial charge in [0.25, 0.3) is 0 Å². The van der Waals surface area contributed by atoms with Crippen molar-refractivity contribution in [2.45, 2.75) is 72.1 Å². The van der Waals surface area contributed by atoms with Crippen molar-refractivity contribution < 1.29 is 9.59 Å². The normalized spacial score (nSPS) is 54.6. The SMILES string of the molecule is C[C@H]1CCC2C3CC(=O)C4CC(=O)CC[C@]4(C)C3CC[C@@]21C. The summed E-state index contributed by atoms with van der Waals surface area (Å²) in [5.41, 5.74) is 0.580. The van der Waals surface area contributed by atoms with E-state index < -0.39 is 0 Å². The summed E-state index contributed by atoms with van der Waals surface area (Å²) in [6, 6.07) is 0. The van der Waals surface area contributed by atoms with Gasteiger partial charge in [0, 0.05) is 25.2 Å². The number of ketones is 2. The molecule has 4 saturated carbocycles. The Bertz CT molecular complexity index is 524. The maximum Gasteiger partial charge on any atom is 0.137 e. The fourth-order valence-electron chi connectivity index (χ4n) is 7.10. The van der Waals surface area contributed by atoms with E-state index in [0.717, 1.165) is 24.7 Å². The minimum atomic E-state index is 0.0400. The van der Waals surface area contributed by atoms with Gasteiger partial charge in [0.2, 0.25) is 0 Å². The predicted molar refractivity (Wildman–Crippen MR) is 86.3 cm³/mol. The van der Waals surface area contributed by atoms with Gasteiger partial charge in [-0.05, 0) is 66.6 Å². The molecule has 0 radical (unpaired) electrons. The summed E-state index contributed by atoms with van der Waals surface area (Å²) in [5.74, 6) is 3.63. The molecule has 2 nitrogen and oxygen atoms in total. The first-order valence-electron chi connectivity index (χ1n) is 9.40. The zero-order valence-corrected chi connectivity index (χ0v) is 14.4. The molecule has 0 aliphatic heterocycles. The van der Waals surface area contributed by atoms with Crippen LogP contribution in [0.4, 0.5) is 0 Å². The third kappa shape index (κ3) is 1.79. The van der Waals surface area contributed by atoms with Gasteiger partial charge in [0.05, 0.1) is 0 Å². The Morgan fingerprint density at radius 1 is 0.909 bits per heavy atom. The summed E-state index contributed by atoms with van der Waals surface area (Å²) in [6.45, 7) is 7.27. The number of carbonyl (C=O) groups excluding carboxylic acids is 2. The van der Waals surface area contributed by atoms with E-state index in [9.17, 15) is 9.59 Å². The molecule has 0 bridgehead atoms. The second kappa shape index (κ2) is 4.68. The van der Waals surface area contributed by atoms with Crippen molar-refractivity contribution in [1.29, 1.82) is 0 Å². The Hall–Kier alpha value is -0.660. The van der Waals surface area contributed by atoms with Crippen molar-refractivity contribution in [2.24, 2.45) is 40.4 Å². The van der Waals surface area contributed by atoms with Crippen molar-refractivity contribution in [3.63, 3.8) is 0 Å². The largest absolute Gasteiger partial charge is 0.300 e. The Labute approximate surface area is 134 Å². The van der Waals surface area contributed by atoms with Crippen LogP contribution in [0, 0.1) is 40.4 Å². The first-order chi connectivity index (χ1) is 10.4. The van der Waals surface area contributed by atoms with Gasteiger partial charge in [0.1, 0.15) is 11.6 Å². The molecule has 4 unspecified atom stereocenters. The molecule has 4 aliphatic rings. The summed E-state index contributed by atoms with van der Waals surface area (Å²) >= 11 is 0. The highest BCUT2D eigenvalue weighted by molar-refractivity contribution is 5.90. The van der Waals surface area contributed by atoms with Crippen molar-refractivity contribution >= 4 is 11.6 Å². The van der Waals surface area contributed by atoms with Crippen molar-refractivity contribution in [3.05, 3.63) is 0 Å². The Balaban J connectivity index is 1.69. The minimum absolute atomic E-state index is 0.0400. The number of Topliss-reactive ketones (excluding diaryl/α,β-unsaturated/α-hetero) is 2. The van der Waals surface area contributed by atoms with Gasteiger partial charge in [-0.2, -0.15) is 0 Å². The van der Waals surface area contributed by atoms with Gasteiger partial charge in [-0.15, -0.1) is 0 Å². The Morgan fingerprint density at radius 2 is 1.64 bits per heavy atom. The maximum atomic E-state index is 12.9. The number of fused-ring (bicyclic) bond motifs is 5. The van der Waals surface area contributed by atoms with E-state index in [2.05, 4.69) is 20.8 Å². The molecule has 4 rings (SSSR count). The van der Waals surface area contributed by atoms with Crippen LogP contribution < -0.4 is 0 Å². The lowest BCUT2D eigenvalue weighted by molar-refractivity contribution is -0.158. The molecule has 4 fully saturated rings. The summed E-state index contributed by atoms with van der Waals surface area (Å²) in [6.07, 6.45) is 8.27. The lowest BCUT2D eigenvalue weighted by atomic mass is 9.44. The predicted octanol–water partition coefficient (Wildman–Crippen LogP) is 4.41. The zero-order valence-electron chi connectivity index (χ0n) is 14.4. The van der Waals surface area contributed by atoms with Gasteiger partial charge < -0.3 is 0 Å². The standard InChI is InChI=1S/C20H30O2/c1-12-4-5-15-14-11-18(22)17-10-13(21)6-8-20(17,3)16(14)7-9-19(12,15)2/h12,14-17H,4-11H2,1-3H3/t12-,14?,15?,16?,17?,19+,20+/m0/s1. The first-order valence-corrected chi connectivity index (χ1v) is 9.40. The smallest absolute Gasteiger partial charge is 0.137 e. The topological polar surface area (TPSA) is 34.1 Å². The van der Waals surface area contributed by atoms with Crippen LogP contribution in [0.2, 0.25) is 0 Å². The number of rotatable bonds is 0. The second-order valence-corrected chi connectivity index (χ2v) is 9.37. The highest BCUT2D eigenvalue weighted by Gasteiger charge is 2.61. The van der Waals surface area contributed by atoms with Crippen molar-refractivity contribution in [1.82, 2.24) is 0 Å². The number of hydrogen-bond acceptors (Lipinski definition) is 2. The van der Waals surface area contributed by atoms with Crippen molar-refractivity contribution in [2.75, 3.05) is 0 Å². The average molecular weight is 302 g/mol. The summed E-state index contributed by atoms with van der Waals surface area (Å²) in [5, 5.41) is 0. The van der Waals surface area contributed by atoms with Gasteiger partial charge in [-0.3, -0.25) is 9.59 Å². The average Bonchev–Trinajstić information content (AvgIpc) is 2.77. The number of hydrogen-bond donors (Lipinski definition) is 0. The van der Waals surface area contributed by atoms with Crippen LogP contribution in [0.3, 0.4) is 0 Å². The van der Waals surface area contributed by atoms with Gasteiger partial charge in [-0.1, -0.05) is 20.8 Å². The fourth-order valence-corrected chi connectivity index (χ4v) is 7.10. The molecule has 7 atom stereocenters. The van der Waals surface area contributed by atoms with Crippen molar-refractivity contribution in [3.8, 4) is 0 Å². The highest BCUT2D eigenvalue weighted by atomic mass is 16.1. The van der Waals surface area contributed by atoms with Gasteiger partial charge >= 0.3 is 0 Å². The molecule has 0 amide bonds. The lowest BCUT2D eigenvalue weighted by Crippen LogP contribution is -2.56. The molecular weight excluding hydrogens is 272 g/mol. The van der Waals surface area contributed by atoms with Crippen LogP contribution in [0.1, 0.15) is 72.1 Å². The maximum absolute atomic E-state index is 12.9. The molecular formula is C20H30O2. The molecule has 0 aromatic rings. The van der Waals surface area contributed by atoms with Gasteiger partial charge in [-0.25, -0.2) is 0 Å². The van der Waals surface area contributed by atoms with Crippen LogP contribution in [0.5, 0.6) is 0 Å². The van der Waals surface area contributed by atoms with Crippen LogP contribution in [0.25, 0.3) is 0 Å². The van der Waals surface area contributed by atoms with E-state index >= 15 is 0 Å². The van der Waals surface area contributed by atoms with E-state index in [4.69, 9.17) is 0 Å².